The van der Waals surface area contributed by atoms with Gasteiger partial charge in [-0.15, -0.1) is 0 Å². The number of ether oxygens (including phenoxy) is 2. The second-order valence-corrected chi connectivity index (χ2v) is 11.1. The summed E-state index contributed by atoms with van der Waals surface area (Å²) in [4.78, 5) is 28.5. The van der Waals surface area contributed by atoms with Crippen LogP contribution in [0.3, 0.4) is 0 Å². The van der Waals surface area contributed by atoms with E-state index in [0.717, 1.165) is 50.4 Å². The molecule has 0 bridgehead atoms. The zero-order valence-electron chi connectivity index (χ0n) is 24.9. The van der Waals surface area contributed by atoms with Crippen LogP contribution in [0.15, 0.2) is 65.1 Å². The van der Waals surface area contributed by atoms with Crippen molar-refractivity contribution in [2.24, 2.45) is 5.92 Å². The number of hydrogen-bond acceptors (Lipinski definition) is 6. The summed E-state index contributed by atoms with van der Waals surface area (Å²) < 4.78 is 31.5. The summed E-state index contributed by atoms with van der Waals surface area (Å²) in [7, 11) is 1.56. The molecule has 0 spiro atoms. The van der Waals surface area contributed by atoms with E-state index in [0.29, 0.717) is 58.2 Å². The topological polar surface area (TPSA) is 93.0 Å². The second-order valence-electron chi connectivity index (χ2n) is 11.1. The van der Waals surface area contributed by atoms with E-state index < -0.39 is 0 Å². The van der Waals surface area contributed by atoms with Crippen LogP contribution >= 0.6 is 0 Å². The Morgan fingerprint density at radius 2 is 1.72 bits per heavy atom. The van der Waals surface area contributed by atoms with Crippen molar-refractivity contribution in [1.29, 1.82) is 0 Å². The van der Waals surface area contributed by atoms with Crippen molar-refractivity contribution in [3.63, 3.8) is 0 Å². The van der Waals surface area contributed by atoms with E-state index in [1.165, 1.54) is 12.1 Å². The van der Waals surface area contributed by atoms with Crippen molar-refractivity contribution >= 4 is 22.8 Å². The molecule has 2 amide bonds. The summed E-state index contributed by atoms with van der Waals surface area (Å²) in [5.74, 6) is 0.454. The molecule has 0 aliphatic carbocycles. The van der Waals surface area contributed by atoms with Gasteiger partial charge in [-0.25, -0.2) is 4.39 Å². The van der Waals surface area contributed by atoms with Crippen molar-refractivity contribution < 1.29 is 27.9 Å². The van der Waals surface area contributed by atoms with Crippen LogP contribution in [-0.2, 0) is 4.74 Å². The third-order valence-corrected chi connectivity index (χ3v) is 7.45. The van der Waals surface area contributed by atoms with E-state index in [-0.39, 0.29) is 17.6 Å². The van der Waals surface area contributed by atoms with Crippen LogP contribution in [0.1, 0.15) is 41.0 Å². The molecule has 8 nitrogen and oxygen atoms in total. The van der Waals surface area contributed by atoms with E-state index in [1.54, 1.807) is 31.3 Å². The first-order chi connectivity index (χ1) is 20.8. The maximum atomic E-state index is 13.6. The van der Waals surface area contributed by atoms with E-state index >= 15 is 0 Å². The lowest BCUT2D eigenvalue weighted by Crippen LogP contribution is -2.37. The number of benzene rings is 3. The van der Waals surface area contributed by atoms with Gasteiger partial charge in [0.15, 0.2) is 0 Å². The van der Waals surface area contributed by atoms with Gasteiger partial charge < -0.3 is 24.5 Å². The van der Waals surface area contributed by atoms with Gasteiger partial charge in [-0.05, 0) is 72.5 Å². The summed E-state index contributed by atoms with van der Waals surface area (Å²) in [6.45, 7) is 9.43. The van der Waals surface area contributed by atoms with Gasteiger partial charge in [-0.2, -0.15) is 0 Å². The molecule has 2 heterocycles. The standard InChI is InChI=1S/C34H38FN3O5/c1-22(2)21-37-33(39)25-8-11-29(42-16-4-13-38-14-17-41-18-15-38)27(20-25)24-7-12-30-28(19-24)31(34(40)36-3)32(43-30)23-5-9-26(35)10-6-23/h5-12,19-20,22H,4,13-18,21H2,1-3H3,(H,36,40)(H,37,39). The minimum Gasteiger partial charge on any atom is -0.493 e. The molecule has 1 aliphatic heterocycles. The fourth-order valence-corrected chi connectivity index (χ4v) is 5.14. The third kappa shape index (κ3) is 7.24. The highest BCUT2D eigenvalue weighted by atomic mass is 19.1. The number of nitrogens with zero attached hydrogens (tertiary/aromatic N) is 1. The highest BCUT2D eigenvalue weighted by Gasteiger charge is 2.23. The van der Waals surface area contributed by atoms with Gasteiger partial charge >= 0.3 is 0 Å². The first kappa shape index (κ1) is 30.3. The fourth-order valence-electron chi connectivity index (χ4n) is 5.14. The molecule has 0 radical (unpaired) electrons. The van der Waals surface area contributed by atoms with Crippen LogP contribution in [0, 0.1) is 11.7 Å². The Hall–Kier alpha value is -4.21. The highest BCUT2D eigenvalue weighted by molar-refractivity contribution is 6.12. The van der Waals surface area contributed by atoms with Crippen molar-refractivity contribution in [3.05, 3.63) is 77.6 Å². The summed E-state index contributed by atoms with van der Waals surface area (Å²) in [5, 5.41) is 6.28. The number of hydrogen-bond donors (Lipinski definition) is 2. The molecule has 1 saturated heterocycles. The van der Waals surface area contributed by atoms with Gasteiger partial charge in [-0.1, -0.05) is 19.9 Å². The molecule has 226 valence electrons. The zero-order chi connectivity index (χ0) is 30.3. The summed E-state index contributed by atoms with van der Waals surface area (Å²) in [5.41, 5.74) is 3.47. The average molecular weight is 588 g/mol. The molecule has 9 heteroatoms. The minimum absolute atomic E-state index is 0.164. The lowest BCUT2D eigenvalue weighted by Gasteiger charge is -2.26. The SMILES string of the molecule is CNC(=O)c1c(-c2ccc(F)cc2)oc2ccc(-c3cc(C(=O)NCC(C)C)ccc3OCCCN3CCOCC3)cc12. The van der Waals surface area contributed by atoms with E-state index in [9.17, 15) is 14.0 Å². The number of halogens is 1. The molecule has 0 unspecified atom stereocenters. The number of carbonyl (C=O) groups excluding carboxylic acids is 2. The van der Waals surface area contributed by atoms with Crippen molar-refractivity contribution in [1.82, 2.24) is 15.5 Å². The Morgan fingerprint density at radius 3 is 2.44 bits per heavy atom. The largest absolute Gasteiger partial charge is 0.493 e. The highest BCUT2D eigenvalue weighted by Crippen LogP contribution is 2.38. The van der Waals surface area contributed by atoms with Gasteiger partial charge in [0.05, 0.1) is 25.4 Å². The number of nitrogens with one attached hydrogen (secondary N) is 2. The summed E-state index contributed by atoms with van der Waals surface area (Å²) >= 11 is 0. The lowest BCUT2D eigenvalue weighted by atomic mass is 9.98. The number of amides is 2. The van der Waals surface area contributed by atoms with Crippen LogP contribution in [0.2, 0.25) is 0 Å². The molecule has 1 aliphatic rings. The molecule has 43 heavy (non-hydrogen) atoms. The quantitative estimate of drug-likeness (QED) is 0.217. The van der Waals surface area contributed by atoms with E-state index in [2.05, 4.69) is 15.5 Å². The third-order valence-electron chi connectivity index (χ3n) is 7.45. The minimum atomic E-state index is -0.376. The predicted molar refractivity (Wildman–Crippen MR) is 165 cm³/mol. The fraction of sp³-hybridized carbons (Fsp3) is 0.353. The molecule has 3 aromatic carbocycles. The Labute approximate surface area is 251 Å². The number of morpholine rings is 1. The first-order valence-electron chi connectivity index (χ1n) is 14.7. The first-order valence-corrected chi connectivity index (χ1v) is 14.7. The lowest BCUT2D eigenvalue weighted by molar-refractivity contribution is 0.0358. The molecule has 4 aromatic rings. The molecule has 1 aromatic heterocycles. The maximum absolute atomic E-state index is 13.6. The van der Waals surface area contributed by atoms with Gasteiger partial charge in [0.1, 0.15) is 22.9 Å². The number of carbonyl (C=O) groups is 2. The van der Waals surface area contributed by atoms with Gasteiger partial charge in [0.2, 0.25) is 0 Å². The number of fused-ring (bicyclic) bond motifs is 1. The monoisotopic (exact) mass is 587 g/mol. The molecule has 1 fully saturated rings. The molecular formula is C34H38FN3O5. The Kier molecular flexibility index (Phi) is 9.74. The maximum Gasteiger partial charge on any atom is 0.255 e. The van der Waals surface area contributed by atoms with E-state index in [4.69, 9.17) is 13.9 Å². The predicted octanol–water partition coefficient (Wildman–Crippen LogP) is 5.75. The van der Waals surface area contributed by atoms with Gasteiger partial charge in [0.25, 0.3) is 11.8 Å². The normalized spacial score (nSPS) is 13.8. The van der Waals surface area contributed by atoms with Crippen molar-refractivity contribution in [2.45, 2.75) is 20.3 Å². The van der Waals surface area contributed by atoms with Crippen molar-refractivity contribution in [3.8, 4) is 28.2 Å². The van der Waals surface area contributed by atoms with Crippen molar-refractivity contribution in [2.75, 3.05) is 53.0 Å². The van der Waals surface area contributed by atoms with E-state index in [1.807, 2.05) is 38.1 Å². The number of furan rings is 1. The molecule has 0 atom stereocenters. The van der Waals surface area contributed by atoms with Gasteiger partial charge in [0, 0.05) is 55.3 Å². The second kappa shape index (κ2) is 13.8. The van der Waals surface area contributed by atoms with Crippen LogP contribution in [-0.4, -0.2) is 69.8 Å². The van der Waals surface area contributed by atoms with Crippen LogP contribution in [0.4, 0.5) is 4.39 Å². The Morgan fingerprint density at radius 1 is 0.977 bits per heavy atom. The summed E-state index contributed by atoms with van der Waals surface area (Å²) in [6, 6.07) is 16.8. The number of rotatable bonds is 11. The van der Waals surface area contributed by atoms with Gasteiger partial charge in [-0.3, -0.25) is 14.5 Å². The molecule has 5 rings (SSSR count). The zero-order valence-corrected chi connectivity index (χ0v) is 24.9. The van der Waals surface area contributed by atoms with Crippen LogP contribution in [0.25, 0.3) is 33.4 Å². The smallest absolute Gasteiger partial charge is 0.255 e. The average Bonchev–Trinajstić information content (AvgIpc) is 3.41. The van der Waals surface area contributed by atoms with Crippen LogP contribution in [0.5, 0.6) is 5.75 Å². The Balaban J connectivity index is 1.51. The molecule has 0 saturated carbocycles. The molecule has 2 N–H and O–H groups in total. The summed E-state index contributed by atoms with van der Waals surface area (Å²) in [6.07, 6.45) is 0.846. The molecular weight excluding hydrogens is 549 g/mol. The van der Waals surface area contributed by atoms with Crippen LogP contribution < -0.4 is 15.4 Å². The Bertz CT molecular complexity index is 1580.